The Hall–Kier alpha value is -2.71. The number of pyridine rings is 1. The third-order valence-corrected chi connectivity index (χ3v) is 7.33. The summed E-state index contributed by atoms with van der Waals surface area (Å²) in [5.74, 6) is 0.681. The summed E-state index contributed by atoms with van der Waals surface area (Å²) in [5, 5.41) is 2.99. The number of aromatic nitrogens is 1. The van der Waals surface area contributed by atoms with E-state index in [9.17, 15) is 13.2 Å². The minimum absolute atomic E-state index is 0.195. The molecule has 1 N–H and O–H groups in total. The Kier molecular flexibility index (Phi) is 6.25. The highest BCUT2D eigenvalue weighted by molar-refractivity contribution is 7.89. The first-order valence-electron chi connectivity index (χ1n) is 10.1. The molecule has 0 unspecified atom stereocenters. The molecule has 2 aromatic rings. The van der Waals surface area contributed by atoms with E-state index >= 15 is 0 Å². The third-order valence-electron chi connectivity index (χ3n) is 5.52. The number of rotatable bonds is 6. The van der Waals surface area contributed by atoms with Gasteiger partial charge < -0.3 is 10.1 Å². The molecule has 2 heterocycles. The fraction of sp³-hybridized carbons (Fsp3) is 0.391. The Morgan fingerprint density at radius 3 is 2.26 bits per heavy atom. The molecule has 1 aliphatic heterocycles. The normalized spacial score (nSPS) is 18.8. The lowest BCUT2D eigenvalue weighted by Gasteiger charge is -2.52. The monoisotopic (exact) mass is 443 g/mol. The van der Waals surface area contributed by atoms with Crippen LogP contribution in [0, 0.1) is 10.8 Å². The molecule has 0 atom stereocenters. The summed E-state index contributed by atoms with van der Waals surface area (Å²) in [4.78, 5) is 16.2. The number of ether oxygens (including phenoxy) is 1. The lowest BCUT2D eigenvalue weighted by atomic mass is 9.67. The summed E-state index contributed by atoms with van der Waals surface area (Å²) in [5.41, 5.74) is -0.953. The van der Waals surface area contributed by atoms with Gasteiger partial charge in [-0.2, -0.15) is 4.31 Å². The highest BCUT2D eigenvalue weighted by Crippen LogP contribution is 2.42. The van der Waals surface area contributed by atoms with Crippen LogP contribution in [0.3, 0.4) is 0 Å². The Bertz CT molecular complexity index is 1030. The SMILES string of the molecule is C=CC(=O)NC1C(C)(C)CN(S(=O)(=O)c2ccc(Oc3ccccn3)cc2)CC1(C)C. The fourth-order valence-electron chi connectivity index (χ4n) is 4.32. The first-order valence-corrected chi connectivity index (χ1v) is 11.5. The topological polar surface area (TPSA) is 88.6 Å². The van der Waals surface area contributed by atoms with Crippen molar-refractivity contribution in [1.29, 1.82) is 0 Å². The molecule has 31 heavy (non-hydrogen) atoms. The average Bonchev–Trinajstić information content (AvgIpc) is 2.71. The second-order valence-electron chi connectivity index (χ2n) is 9.14. The molecule has 0 bridgehead atoms. The zero-order chi connectivity index (χ0) is 22.9. The van der Waals surface area contributed by atoms with Crippen LogP contribution in [0.4, 0.5) is 0 Å². The third kappa shape index (κ3) is 4.97. The first-order chi connectivity index (χ1) is 14.5. The van der Waals surface area contributed by atoms with Crippen LogP contribution in [-0.4, -0.2) is 42.7 Å². The second-order valence-corrected chi connectivity index (χ2v) is 11.1. The quantitative estimate of drug-likeness (QED) is 0.689. The second kappa shape index (κ2) is 8.43. The number of carbonyl (C=O) groups is 1. The van der Waals surface area contributed by atoms with E-state index in [2.05, 4.69) is 16.9 Å². The van der Waals surface area contributed by atoms with Crippen molar-refractivity contribution in [1.82, 2.24) is 14.6 Å². The van der Waals surface area contributed by atoms with Gasteiger partial charge in [-0.25, -0.2) is 13.4 Å². The molecule has 166 valence electrons. The van der Waals surface area contributed by atoms with E-state index in [1.54, 1.807) is 42.6 Å². The average molecular weight is 444 g/mol. The molecular weight excluding hydrogens is 414 g/mol. The van der Waals surface area contributed by atoms with Gasteiger partial charge in [0.05, 0.1) is 4.90 Å². The van der Waals surface area contributed by atoms with Crippen molar-refractivity contribution in [3.05, 3.63) is 61.3 Å². The van der Waals surface area contributed by atoms with E-state index in [0.29, 0.717) is 11.6 Å². The van der Waals surface area contributed by atoms with Crippen molar-refractivity contribution in [3.63, 3.8) is 0 Å². The van der Waals surface area contributed by atoms with Crippen LogP contribution >= 0.6 is 0 Å². The number of hydrogen-bond donors (Lipinski definition) is 1. The van der Waals surface area contributed by atoms with Gasteiger partial charge in [0.15, 0.2) is 0 Å². The smallest absolute Gasteiger partial charge is 0.243 e. The van der Waals surface area contributed by atoms with E-state index in [0.717, 1.165) is 0 Å². The molecule has 1 fully saturated rings. The van der Waals surface area contributed by atoms with Crippen LogP contribution in [0.1, 0.15) is 27.7 Å². The van der Waals surface area contributed by atoms with Gasteiger partial charge in [-0.3, -0.25) is 4.79 Å². The van der Waals surface area contributed by atoms with Crippen molar-refractivity contribution in [2.24, 2.45) is 10.8 Å². The minimum atomic E-state index is -3.72. The van der Waals surface area contributed by atoms with Gasteiger partial charge in [0, 0.05) is 31.4 Å². The molecule has 0 radical (unpaired) electrons. The number of nitrogens with one attached hydrogen (secondary N) is 1. The number of benzene rings is 1. The molecule has 1 aromatic carbocycles. The first kappa shape index (κ1) is 23.0. The molecule has 3 rings (SSSR count). The van der Waals surface area contributed by atoms with E-state index in [1.165, 1.54) is 10.4 Å². The summed E-state index contributed by atoms with van der Waals surface area (Å²) >= 11 is 0. The van der Waals surface area contributed by atoms with Crippen molar-refractivity contribution in [2.45, 2.75) is 38.6 Å². The van der Waals surface area contributed by atoms with Crippen molar-refractivity contribution in [2.75, 3.05) is 13.1 Å². The summed E-state index contributed by atoms with van der Waals surface area (Å²) in [6.45, 7) is 12.0. The van der Waals surface area contributed by atoms with Crippen LogP contribution in [-0.2, 0) is 14.8 Å². The van der Waals surface area contributed by atoms with Crippen molar-refractivity contribution < 1.29 is 17.9 Å². The number of amides is 1. The van der Waals surface area contributed by atoms with Gasteiger partial charge in [-0.1, -0.05) is 40.3 Å². The predicted molar refractivity (Wildman–Crippen MR) is 119 cm³/mol. The van der Waals surface area contributed by atoms with Gasteiger partial charge in [0.25, 0.3) is 0 Å². The molecular formula is C23H29N3O4S. The maximum atomic E-state index is 13.4. The van der Waals surface area contributed by atoms with E-state index < -0.39 is 20.9 Å². The van der Waals surface area contributed by atoms with Crippen molar-refractivity contribution >= 4 is 15.9 Å². The largest absolute Gasteiger partial charge is 0.439 e. The number of piperidine rings is 1. The van der Waals surface area contributed by atoms with Crippen LogP contribution in [0.15, 0.2) is 66.2 Å². The molecule has 7 nitrogen and oxygen atoms in total. The highest BCUT2D eigenvalue weighted by atomic mass is 32.2. The van der Waals surface area contributed by atoms with Crippen LogP contribution in [0.25, 0.3) is 0 Å². The van der Waals surface area contributed by atoms with E-state index in [4.69, 9.17) is 4.74 Å². The summed E-state index contributed by atoms with van der Waals surface area (Å²) in [6.07, 6.45) is 2.86. The molecule has 1 aliphatic rings. The molecule has 0 aliphatic carbocycles. The lowest BCUT2D eigenvalue weighted by molar-refractivity contribution is -0.120. The fourth-order valence-corrected chi connectivity index (χ4v) is 6.11. The van der Waals surface area contributed by atoms with E-state index in [-0.39, 0.29) is 29.9 Å². The Morgan fingerprint density at radius 1 is 1.13 bits per heavy atom. The highest BCUT2D eigenvalue weighted by Gasteiger charge is 2.50. The standard InChI is InChI=1S/C23H29N3O4S/c1-6-19(27)25-21-22(2,3)15-26(16-23(21,4)5)31(28,29)18-12-10-17(11-13-18)30-20-9-7-8-14-24-20/h6-14,21H,1,15-16H2,2-5H3,(H,25,27). The molecule has 8 heteroatoms. The summed E-state index contributed by atoms with van der Waals surface area (Å²) in [7, 11) is -3.72. The Balaban J connectivity index is 1.82. The summed E-state index contributed by atoms with van der Waals surface area (Å²) < 4.78 is 33.9. The maximum Gasteiger partial charge on any atom is 0.243 e. The van der Waals surface area contributed by atoms with Gasteiger partial charge in [0.1, 0.15) is 5.75 Å². The van der Waals surface area contributed by atoms with Crippen LogP contribution < -0.4 is 10.1 Å². The molecule has 1 saturated heterocycles. The summed E-state index contributed by atoms with van der Waals surface area (Å²) in [6, 6.07) is 11.4. The number of carbonyl (C=O) groups excluding carboxylic acids is 1. The lowest BCUT2D eigenvalue weighted by Crippen LogP contribution is -2.64. The Labute approximate surface area is 184 Å². The van der Waals surface area contributed by atoms with Crippen LogP contribution in [0.2, 0.25) is 0 Å². The van der Waals surface area contributed by atoms with Gasteiger partial charge >= 0.3 is 0 Å². The zero-order valence-electron chi connectivity index (χ0n) is 18.3. The van der Waals surface area contributed by atoms with Gasteiger partial charge in [-0.15, -0.1) is 0 Å². The van der Waals surface area contributed by atoms with Gasteiger partial charge in [0.2, 0.25) is 21.8 Å². The maximum absolute atomic E-state index is 13.4. The minimum Gasteiger partial charge on any atom is -0.439 e. The molecule has 1 aromatic heterocycles. The van der Waals surface area contributed by atoms with Crippen LogP contribution in [0.5, 0.6) is 11.6 Å². The predicted octanol–water partition coefficient (Wildman–Crippen LogP) is 3.60. The van der Waals surface area contributed by atoms with Gasteiger partial charge in [-0.05, 0) is 47.2 Å². The number of sulfonamides is 1. The molecule has 1 amide bonds. The molecule has 0 saturated carbocycles. The molecule has 0 spiro atoms. The number of hydrogen-bond acceptors (Lipinski definition) is 5. The number of nitrogens with zero attached hydrogens (tertiary/aromatic N) is 2. The van der Waals surface area contributed by atoms with Crippen molar-refractivity contribution in [3.8, 4) is 11.6 Å². The van der Waals surface area contributed by atoms with E-state index in [1.807, 2.05) is 33.8 Å². The zero-order valence-corrected chi connectivity index (χ0v) is 19.1. The Morgan fingerprint density at radius 2 is 1.74 bits per heavy atom.